The van der Waals surface area contributed by atoms with Crippen LogP contribution in [0.3, 0.4) is 0 Å². The lowest BCUT2D eigenvalue weighted by Crippen LogP contribution is -1.93. The molecule has 3 heterocycles. The van der Waals surface area contributed by atoms with E-state index < -0.39 is 0 Å². The van der Waals surface area contributed by atoms with Gasteiger partial charge in [0.1, 0.15) is 0 Å². The highest BCUT2D eigenvalue weighted by Crippen LogP contribution is 2.28. The van der Waals surface area contributed by atoms with E-state index in [9.17, 15) is 0 Å². The molecule has 132 valence electrons. The Kier molecular flexibility index (Phi) is 3.90. The molecule has 0 unspecified atom stereocenters. The Bertz CT molecular complexity index is 1240. The maximum Gasteiger partial charge on any atom is 0.196 e. The average Bonchev–Trinajstić information content (AvgIpc) is 3.34. The van der Waals surface area contributed by atoms with Crippen LogP contribution in [0.15, 0.2) is 76.4 Å². The first kappa shape index (κ1) is 16.1. The van der Waals surface area contributed by atoms with Gasteiger partial charge in [-0.05, 0) is 24.6 Å². The van der Waals surface area contributed by atoms with Crippen molar-refractivity contribution in [3.63, 3.8) is 0 Å². The fraction of sp³-hybridized carbons (Fsp3) is 0.0952. The zero-order valence-corrected chi connectivity index (χ0v) is 15.5. The van der Waals surface area contributed by atoms with Crippen molar-refractivity contribution >= 4 is 28.3 Å². The van der Waals surface area contributed by atoms with Crippen LogP contribution in [-0.2, 0) is 5.75 Å². The largest absolute Gasteiger partial charge is 0.356 e. The van der Waals surface area contributed by atoms with E-state index in [0.29, 0.717) is 5.75 Å². The summed E-state index contributed by atoms with van der Waals surface area (Å²) in [7, 11) is 0. The normalized spacial score (nSPS) is 11.4. The molecule has 5 aromatic rings. The summed E-state index contributed by atoms with van der Waals surface area (Å²) in [6.07, 6.45) is 0. The SMILES string of the molecule is Cc1cc2nnc(SCc3cc(-c4ccccc4)on3)n2c2ccccc12. The number of fused-ring (bicyclic) bond motifs is 3. The first-order valence-corrected chi connectivity index (χ1v) is 9.65. The molecule has 0 atom stereocenters. The molecule has 27 heavy (non-hydrogen) atoms. The Balaban J connectivity index is 1.46. The molecule has 0 bridgehead atoms. The van der Waals surface area contributed by atoms with Gasteiger partial charge in [-0.25, -0.2) is 0 Å². The third-order valence-electron chi connectivity index (χ3n) is 4.54. The van der Waals surface area contributed by atoms with Crippen molar-refractivity contribution in [3.05, 3.63) is 78.0 Å². The summed E-state index contributed by atoms with van der Waals surface area (Å²) in [5, 5.41) is 15.0. The molecule has 5 rings (SSSR count). The summed E-state index contributed by atoms with van der Waals surface area (Å²) >= 11 is 1.61. The summed E-state index contributed by atoms with van der Waals surface area (Å²) in [5.41, 5.74) is 5.08. The summed E-state index contributed by atoms with van der Waals surface area (Å²) in [4.78, 5) is 0. The number of nitrogens with zero attached hydrogens (tertiary/aromatic N) is 4. The molecule has 0 saturated carbocycles. The molecule has 0 spiro atoms. The number of hydrogen-bond donors (Lipinski definition) is 0. The maximum atomic E-state index is 5.49. The van der Waals surface area contributed by atoms with Crippen LogP contribution in [0, 0.1) is 6.92 Å². The van der Waals surface area contributed by atoms with Crippen molar-refractivity contribution in [3.8, 4) is 11.3 Å². The van der Waals surface area contributed by atoms with Gasteiger partial charge in [0, 0.05) is 22.8 Å². The number of para-hydroxylation sites is 1. The van der Waals surface area contributed by atoms with E-state index >= 15 is 0 Å². The van der Waals surface area contributed by atoms with Crippen LogP contribution in [0.25, 0.3) is 27.9 Å². The molecule has 0 radical (unpaired) electrons. The van der Waals surface area contributed by atoms with E-state index in [0.717, 1.165) is 33.3 Å². The molecule has 5 nitrogen and oxygen atoms in total. The van der Waals surface area contributed by atoms with Gasteiger partial charge in [-0.1, -0.05) is 65.4 Å². The van der Waals surface area contributed by atoms with Crippen LogP contribution in [0.2, 0.25) is 0 Å². The van der Waals surface area contributed by atoms with E-state index in [1.54, 1.807) is 11.8 Å². The van der Waals surface area contributed by atoms with Crippen molar-refractivity contribution < 1.29 is 4.52 Å². The minimum Gasteiger partial charge on any atom is -0.356 e. The van der Waals surface area contributed by atoms with Crippen molar-refractivity contribution in [2.75, 3.05) is 0 Å². The minimum absolute atomic E-state index is 0.666. The monoisotopic (exact) mass is 372 g/mol. The van der Waals surface area contributed by atoms with Crippen molar-refractivity contribution in [2.24, 2.45) is 0 Å². The zero-order valence-electron chi connectivity index (χ0n) is 14.7. The number of pyridine rings is 1. The van der Waals surface area contributed by atoms with E-state index in [1.165, 1.54) is 10.9 Å². The standard InChI is InChI=1S/C21H16N4OS/c1-14-11-20-22-23-21(25(20)18-10-6-5-9-17(14)18)27-13-16-12-19(26-24-16)15-7-3-2-4-8-15/h2-12H,13H2,1H3. The fourth-order valence-electron chi connectivity index (χ4n) is 3.23. The molecule has 3 aromatic heterocycles. The van der Waals surface area contributed by atoms with Crippen molar-refractivity contribution in [1.29, 1.82) is 0 Å². The van der Waals surface area contributed by atoms with Crippen LogP contribution < -0.4 is 0 Å². The lowest BCUT2D eigenvalue weighted by atomic mass is 10.1. The van der Waals surface area contributed by atoms with Gasteiger partial charge < -0.3 is 4.52 Å². The second-order valence-corrected chi connectivity index (χ2v) is 7.30. The van der Waals surface area contributed by atoms with Crippen LogP contribution >= 0.6 is 11.8 Å². The highest BCUT2D eigenvalue weighted by Gasteiger charge is 2.13. The number of aryl methyl sites for hydroxylation is 1. The zero-order chi connectivity index (χ0) is 18.2. The molecule has 0 saturated heterocycles. The molecule has 0 fully saturated rings. The van der Waals surface area contributed by atoms with E-state index in [2.05, 4.69) is 50.9 Å². The predicted octanol–water partition coefficient (Wildman–Crippen LogP) is 5.14. The number of hydrogen-bond acceptors (Lipinski definition) is 5. The molecule has 0 aliphatic heterocycles. The molecule has 2 aromatic carbocycles. The van der Waals surface area contributed by atoms with Gasteiger partial charge >= 0.3 is 0 Å². The topological polar surface area (TPSA) is 56.2 Å². The van der Waals surface area contributed by atoms with Crippen LogP contribution in [0.4, 0.5) is 0 Å². The minimum atomic E-state index is 0.666. The van der Waals surface area contributed by atoms with Gasteiger partial charge in [0.15, 0.2) is 16.6 Å². The van der Waals surface area contributed by atoms with Crippen molar-refractivity contribution in [2.45, 2.75) is 17.8 Å². The Labute approximate surface area is 160 Å². The third-order valence-corrected chi connectivity index (χ3v) is 5.50. The van der Waals surface area contributed by atoms with Crippen LogP contribution in [-0.4, -0.2) is 19.8 Å². The van der Waals surface area contributed by atoms with Gasteiger partial charge in [-0.3, -0.25) is 4.40 Å². The Hall–Kier alpha value is -3.12. The van der Waals surface area contributed by atoms with E-state index in [4.69, 9.17) is 4.52 Å². The summed E-state index contributed by atoms with van der Waals surface area (Å²) < 4.78 is 7.59. The van der Waals surface area contributed by atoms with Crippen LogP contribution in [0.1, 0.15) is 11.3 Å². The number of thioether (sulfide) groups is 1. The first-order valence-electron chi connectivity index (χ1n) is 8.67. The number of rotatable bonds is 4. The second kappa shape index (κ2) is 6.55. The Morgan fingerprint density at radius 1 is 0.963 bits per heavy atom. The molecular formula is C21H16N4OS. The number of benzene rings is 2. The fourth-order valence-corrected chi connectivity index (χ4v) is 4.06. The van der Waals surface area contributed by atoms with Gasteiger partial charge in [-0.15, -0.1) is 10.2 Å². The summed E-state index contributed by atoms with van der Waals surface area (Å²) in [6.45, 7) is 2.10. The van der Waals surface area contributed by atoms with Gasteiger partial charge in [0.05, 0.1) is 11.2 Å². The molecule has 0 aliphatic rings. The smallest absolute Gasteiger partial charge is 0.196 e. The van der Waals surface area contributed by atoms with Crippen molar-refractivity contribution in [1.82, 2.24) is 19.8 Å². The summed E-state index contributed by atoms with van der Waals surface area (Å²) in [5.74, 6) is 1.44. The lowest BCUT2D eigenvalue weighted by Gasteiger charge is -2.06. The van der Waals surface area contributed by atoms with Gasteiger partial charge in [0.2, 0.25) is 0 Å². The third kappa shape index (κ3) is 2.88. The van der Waals surface area contributed by atoms with E-state index in [1.807, 2.05) is 42.5 Å². The highest BCUT2D eigenvalue weighted by molar-refractivity contribution is 7.98. The molecular weight excluding hydrogens is 356 g/mol. The molecule has 0 N–H and O–H groups in total. The molecule has 6 heteroatoms. The van der Waals surface area contributed by atoms with E-state index in [-0.39, 0.29) is 0 Å². The highest BCUT2D eigenvalue weighted by atomic mass is 32.2. The van der Waals surface area contributed by atoms with Crippen LogP contribution in [0.5, 0.6) is 0 Å². The second-order valence-electron chi connectivity index (χ2n) is 6.36. The lowest BCUT2D eigenvalue weighted by molar-refractivity contribution is 0.426. The maximum absolute atomic E-state index is 5.49. The van der Waals surface area contributed by atoms with Gasteiger partial charge in [-0.2, -0.15) is 0 Å². The molecule has 0 amide bonds. The Morgan fingerprint density at radius 3 is 2.67 bits per heavy atom. The average molecular weight is 372 g/mol. The quantitative estimate of drug-likeness (QED) is 0.409. The predicted molar refractivity (Wildman–Crippen MR) is 107 cm³/mol. The first-order chi connectivity index (χ1) is 13.3. The molecule has 0 aliphatic carbocycles. The van der Waals surface area contributed by atoms with Gasteiger partial charge in [0.25, 0.3) is 0 Å². The number of aromatic nitrogens is 4. The Morgan fingerprint density at radius 2 is 1.78 bits per heavy atom. The summed E-state index contributed by atoms with van der Waals surface area (Å²) in [6, 6.07) is 22.4.